The zero-order chi connectivity index (χ0) is 12.7. The van der Waals surface area contributed by atoms with Gasteiger partial charge in [-0.2, -0.15) is 0 Å². The van der Waals surface area contributed by atoms with E-state index in [0.717, 1.165) is 19.5 Å². The van der Waals surface area contributed by atoms with Crippen molar-refractivity contribution in [3.8, 4) is 12.3 Å². The zero-order valence-electron chi connectivity index (χ0n) is 11.0. The van der Waals surface area contributed by atoms with E-state index >= 15 is 0 Å². The Kier molecular flexibility index (Phi) is 6.07. The van der Waals surface area contributed by atoms with Crippen molar-refractivity contribution in [3.63, 3.8) is 0 Å². The van der Waals surface area contributed by atoms with Gasteiger partial charge in [-0.05, 0) is 31.7 Å². The molecule has 1 rings (SSSR count). The van der Waals surface area contributed by atoms with Gasteiger partial charge in [0.1, 0.15) is 0 Å². The summed E-state index contributed by atoms with van der Waals surface area (Å²) < 4.78 is 0. The summed E-state index contributed by atoms with van der Waals surface area (Å²) >= 11 is 0. The Morgan fingerprint density at radius 2 is 2.24 bits per heavy atom. The number of hydrogen-bond acceptors (Lipinski definition) is 2. The Balaban J connectivity index is 2.19. The third kappa shape index (κ3) is 6.33. The van der Waals surface area contributed by atoms with Crippen LogP contribution >= 0.6 is 0 Å². The van der Waals surface area contributed by atoms with Gasteiger partial charge in [0, 0.05) is 19.0 Å². The molecule has 1 N–H and O–H groups in total. The van der Waals surface area contributed by atoms with Gasteiger partial charge in [-0.15, -0.1) is 6.42 Å². The van der Waals surface area contributed by atoms with Crippen molar-refractivity contribution in [2.75, 3.05) is 19.6 Å². The van der Waals surface area contributed by atoms with Gasteiger partial charge >= 0.3 is 0 Å². The number of nitrogens with one attached hydrogen (secondary N) is 1. The van der Waals surface area contributed by atoms with Crippen molar-refractivity contribution in [2.45, 2.75) is 45.6 Å². The predicted molar refractivity (Wildman–Crippen MR) is 70.5 cm³/mol. The number of amides is 1. The smallest absolute Gasteiger partial charge is 0.223 e. The van der Waals surface area contributed by atoms with E-state index < -0.39 is 0 Å². The van der Waals surface area contributed by atoms with Crippen molar-refractivity contribution in [3.05, 3.63) is 0 Å². The monoisotopic (exact) mass is 236 g/mol. The SMILES string of the molecule is C#CCN(CC1CC1)C(=O)CCCNC(C)C. The summed E-state index contributed by atoms with van der Waals surface area (Å²) in [5.41, 5.74) is 0. The maximum atomic E-state index is 11.9. The van der Waals surface area contributed by atoms with Crippen molar-refractivity contribution in [1.29, 1.82) is 0 Å². The van der Waals surface area contributed by atoms with Gasteiger partial charge in [-0.1, -0.05) is 19.8 Å². The lowest BCUT2D eigenvalue weighted by molar-refractivity contribution is -0.130. The van der Waals surface area contributed by atoms with E-state index in [4.69, 9.17) is 6.42 Å². The van der Waals surface area contributed by atoms with Crippen molar-refractivity contribution < 1.29 is 4.79 Å². The second-order valence-electron chi connectivity index (χ2n) is 5.13. The van der Waals surface area contributed by atoms with Crippen LogP contribution in [0.4, 0.5) is 0 Å². The van der Waals surface area contributed by atoms with Gasteiger partial charge in [0.15, 0.2) is 0 Å². The van der Waals surface area contributed by atoms with Crippen LogP contribution in [0, 0.1) is 18.3 Å². The number of nitrogens with zero attached hydrogens (tertiary/aromatic N) is 1. The molecule has 3 heteroatoms. The molecule has 0 radical (unpaired) electrons. The first-order valence-electron chi connectivity index (χ1n) is 6.58. The molecule has 1 fully saturated rings. The van der Waals surface area contributed by atoms with E-state index in [1.807, 2.05) is 4.90 Å². The number of carbonyl (C=O) groups is 1. The summed E-state index contributed by atoms with van der Waals surface area (Å²) in [5.74, 6) is 3.50. The average Bonchev–Trinajstić information content (AvgIpc) is 3.07. The highest BCUT2D eigenvalue weighted by atomic mass is 16.2. The molecular weight excluding hydrogens is 212 g/mol. The molecule has 3 nitrogen and oxygen atoms in total. The van der Waals surface area contributed by atoms with Crippen molar-refractivity contribution in [1.82, 2.24) is 10.2 Å². The lowest BCUT2D eigenvalue weighted by Crippen LogP contribution is -2.34. The van der Waals surface area contributed by atoms with Crippen LogP contribution in [0.1, 0.15) is 39.5 Å². The quantitative estimate of drug-likeness (QED) is 0.513. The third-order valence-corrected chi connectivity index (χ3v) is 2.93. The molecule has 0 unspecified atom stereocenters. The molecule has 0 aromatic rings. The van der Waals surface area contributed by atoms with E-state index in [-0.39, 0.29) is 5.91 Å². The van der Waals surface area contributed by atoms with E-state index in [1.165, 1.54) is 12.8 Å². The minimum Gasteiger partial charge on any atom is -0.331 e. The number of rotatable bonds is 8. The Labute approximate surface area is 105 Å². The van der Waals surface area contributed by atoms with E-state index in [2.05, 4.69) is 25.1 Å². The summed E-state index contributed by atoms with van der Waals surface area (Å²) in [6.07, 6.45) is 9.31. The molecule has 1 aliphatic carbocycles. The highest BCUT2D eigenvalue weighted by Gasteiger charge is 2.25. The van der Waals surface area contributed by atoms with Gasteiger partial charge in [0.2, 0.25) is 5.91 Å². The van der Waals surface area contributed by atoms with E-state index in [9.17, 15) is 4.79 Å². The molecule has 1 aliphatic rings. The molecular formula is C14H24N2O. The van der Waals surface area contributed by atoms with E-state index in [1.54, 1.807) is 0 Å². The standard InChI is InChI=1S/C14H24N2O/c1-4-10-16(11-13-7-8-13)14(17)6-5-9-15-12(2)3/h1,12-13,15H,5-11H2,2-3H3. The highest BCUT2D eigenvalue weighted by molar-refractivity contribution is 5.76. The first-order valence-corrected chi connectivity index (χ1v) is 6.58. The molecule has 0 atom stereocenters. The molecule has 0 saturated heterocycles. The number of hydrogen-bond donors (Lipinski definition) is 1. The molecule has 0 aliphatic heterocycles. The molecule has 1 saturated carbocycles. The summed E-state index contributed by atoms with van der Waals surface area (Å²) in [4.78, 5) is 13.8. The van der Waals surface area contributed by atoms with Gasteiger partial charge in [-0.25, -0.2) is 0 Å². The molecule has 96 valence electrons. The lowest BCUT2D eigenvalue weighted by atomic mass is 10.2. The molecule has 0 aromatic heterocycles. The van der Waals surface area contributed by atoms with Gasteiger partial charge in [-0.3, -0.25) is 4.79 Å². The Bertz CT molecular complexity index is 276. The minimum absolute atomic E-state index is 0.209. The summed E-state index contributed by atoms with van der Waals surface area (Å²) in [7, 11) is 0. The third-order valence-electron chi connectivity index (χ3n) is 2.93. The van der Waals surface area contributed by atoms with Crippen LogP contribution in [0.2, 0.25) is 0 Å². The second kappa shape index (κ2) is 7.34. The Hall–Kier alpha value is -1.01. The summed E-state index contributed by atoms with van der Waals surface area (Å²) in [5, 5.41) is 3.31. The minimum atomic E-state index is 0.209. The second-order valence-corrected chi connectivity index (χ2v) is 5.13. The molecule has 0 spiro atoms. The van der Waals surface area contributed by atoms with Crippen LogP contribution in [0.25, 0.3) is 0 Å². The molecule has 17 heavy (non-hydrogen) atoms. The Morgan fingerprint density at radius 1 is 1.53 bits per heavy atom. The van der Waals surface area contributed by atoms with Gasteiger partial charge in [0.25, 0.3) is 0 Å². The first-order chi connectivity index (χ1) is 8.13. The first kappa shape index (κ1) is 14.1. The normalized spacial score (nSPS) is 14.7. The predicted octanol–water partition coefficient (Wildman–Crippen LogP) is 1.64. The number of terminal acetylenes is 1. The van der Waals surface area contributed by atoms with Crippen LogP contribution in [0.15, 0.2) is 0 Å². The molecule has 0 bridgehead atoms. The number of carbonyl (C=O) groups excluding carboxylic acids is 1. The average molecular weight is 236 g/mol. The lowest BCUT2D eigenvalue weighted by Gasteiger charge is -2.20. The maximum Gasteiger partial charge on any atom is 0.223 e. The highest BCUT2D eigenvalue weighted by Crippen LogP contribution is 2.29. The fourth-order valence-corrected chi connectivity index (χ4v) is 1.77. The fraction of sp³-hybridized carbons (Fsp3) is 0.786. The maximum absolute atomic E-state index is 11.9. The molecule has 1 amide bonds. The van der Waals surface area contributed by atoms with Crippen LogP contribution in [-0.4, -0.2) is 36.5 Å². The van der Waals surface area contributed by atoms with Crippen molar-refractivity contribution in [2.24, 2.45) is 5.92 Å². The van der Waals surface area contributed by atoms with Crippen LogP contribution in [-0.2, 0) is 4.79 Å². The summed E-state index contributed by atoms with van der Waals surface area (Å²) in [6.45, 7) is 6.45. The topological polar surface area (TPSA) is 32.3 Å². The van der Waals surface area contributed by atoms with E-state index in [0.29, 0.717) is 24.9 Å². The molecule has 0 aromatic carbocycles. The van der Waals surface area contributed by atoms with Crippen LogP contribution in [0.5, 0.6) is 0 Å². The van der Waals surface area contributed by atoms with Gasteiger partial charge < -0.3 is 10.2 Å². The summed E-state index contributed by atoms with van der Waals surface area (Å²) in [6, 6.07) is 0.485. The van der Waals surface area contributed by atoms with Crippen LogP contribution < -0.4 is 5.32 Å². The van der Waals surface area contributed by atoms with Gasteiger partial charge in [0.05, 0.1) is 6.54 Å². The Morgan fingerprint density at radius 3 is 2.76 bits per heavy atom. The van der Waals surface area contributed by atoms with Crippen molar-refractivity contribution >= 4 is 5.91 Å². The fourth-order valence-electron chi connectivity index (χ4n) is 1.77. The van der Waals surface area contributed by atoms with Crippen LogP contribution in [0.3, 0.4) is 0 Å². The zero-order valence-corrected chi connectivity index (χ0v) is 11.0. The molecule has 0 heterocycles. The largest absolute Gasteiger partial charge is 0.331 e.